The van der Waals surface area contributed by atoms with E-state index in [0.717, 1.165) is 44.7 Å². The monoisotopic (exact) mass is 342 g/mol. The molecule has 3 nitrogen and oxygen atoms in total. The molecule has 5 heteroatoms. The van der Waals surface area contributed by atoms with Crippen molar-refractivity contribution in [1.82, 2.24) is 9.80 Å². The number of benzene rings is 1. The summed E-state index contributed by atoms with van der Waals surface area (Å²) in [6, 6.07) is 4.95. The van der Waals surface area contributed by atoms with Crippen LogP contribution in [-0.4, -0.2) is 53.7 Å². The summed E-state index contributed by atoms with van der Waals surface area (Å²) < 4.78 is 13.2. The number of rotatable bonds is 5. The standard InChI is InChI=1S/C18H28ClFN2O/c1-18(2,3)13-22-8-7-21(12-16(22)6-9-23)11-14-4-5-15(20)10-17(14)19/h4-5,10,16,23H,6-9,11-13H2,1-3H3/t16-/m1/s1. The third kappa shape index (κ3) is 5.71. The molecule has 1 aromatic rings. The van der Waals surface area contributed by atoms with Gasteiger partial charge in [-0.15, -0.1) is 0 Å². The minimum Gasteiger partial charge on any atom is -0.396 e. The van der Waals surface area contributed by atoms with Gasteiger partial charge in [0.15, 0.2) is 0 Å². The summed E-state index contributed by atoms with van der Waals surface area (Å²) >= 11 is 6.15. The Morgan fingerprint density at radius 2 is 2.04 bits per heavy atom. The normalized spacial score (nSPS) is 20.9. The van der Waals surface area contributed by atoms with E-state index < -0.39 is 0 Å². The molecular formula is C18H28ClFN2O. The maximum Gasteiger partial charge on any atom is 0.124 e. The molecule has 23 heavy (non-hydrogen) atoms. The SMILES string of the molecule is CC(C)(C)CN1CCN(Cc2ccc(F)cc2Cl)C[C@H]1CCO. The molecule has 2 rings (SSSR count). The highest BCUT2D eigenvalue weighted by Crippen LogP contribution is 2.24. The van der Waals surface area contributed by atoms with E-state index >= 15 is 0 Å². The molecule has 0 radical (unpaired) electrons. The van der Waals surface area contributed by atoms with Gasteiger partial charge in [0.1, 0.15) is 5.82 Å². The largest absolute Gasteiger partial charge is 0.396 e. The molecule has 0 bridgehead atoms. The Kier molecular flexibility index (Phi) is 6.43. The van der Waals surface area contributed by atoms with E-state index in [9.17, 15) is 9.50 Å². The van der Waals surface area contributed by atoms with E-state index in [1.54, 1.807) is 6.07 Å². The molecule has 1 aliphatic rings. The molecule has 0 aromatic heterocycles. The second-order valence-corrected chi connectivity index (χ2v) is 8.08. The fraction of sp³-hybridized carbons (Fsp3) is 0.667. The first-order valence-electron chi connectivity index (χ1n) is 8.30. The average Bonchev–Trinajstić information content (AvgIpc) is 2.43. The van der Waals surface area contributed by atoms with Crippen LogP contribution in [0.5, 0.6) is 0 Å². The summed E-state index contributed by atoms with van der Waals surface area (Å²) in [5.41, 5.74) is 1.20. The van der Waals surface area contributed by atoms with Gasteiger partial charge in [0.05, 0.1) is 0 Å². The lowest BCUT2D eigenvalue weighted by molar-refractivity contribution is 0.0340. The summed E-state index contributed by atoms with van der Waals surface area (Å²) in [5, 5.41) is 9.86. The molecule has 0 unspecified atom stereocenters. The lowest BCUT2D eigenvalue weighted by Crippen LogP contribution is -2.54. The first-order chi connectivity index (χ1) is 10.8. The van der Waals surface area contributed by atoms with E-state index in [4.69, 9.17) is 11.6 Å². The lowest BCUT2D eigenvalue weighted by atomic mass is 9.94. The molecule has 1 saturated heterocycles. The van der Waals surface area contributed by atoms with Crippen molar-refractivity contribution in [2.75, 3.05) is 32.8 Å². The number of nitrogens with zero attached hydrogens (tertiary/aromatic N) is 2. The van der Waals surface area contributed by atoms with Gasteiger partial charge in [-0.05, 0) is 29.5 Å². The van der Waals surface area contributed by atoms with Crippen LogP contribution in [-0.2, 0) is 6.54 Å². The summed E-state index contributed by atoms with van der Waals surface area (Å²) in [5.74, 6) is -0.299. The third-order valence-electron chi connectivity index (χ3n) is 4.24. The van der Waals surface area contributed by atoms with Crippen molar-refractivity contribution in [1.29, 1.82) is 0 Å². The molecule has 1 aliphatic heterocycles. The number of piperazine rings is 1. The number of aliphatic hydroxyl groups excluding tert-OH is 1. The van der Waals surface area contributed by atoms with Crippen LogP contribution in [0.4, 0.5) is 4.39 Å². The Bertz CT molecular complexity index is 518. The maximum atomic E-state index is 13.2. The van der Waals surface area contributed by atoms with Crippen molar-refractivity contribution in [3.8, 4) is 0 Å². The highest BCUT2D eigenvalue weighted by molar-refractivity contribution is 6.31. The topological polar surface area (TPSA) is 26.7 Å². The van der Waals surface area contributed by atoms with Gasteiger partial charge < -0.3 is 5.11 Å². The second kappa shape index (κ2) is 7.93. The smallest absolute Gasteiger partial charge is 0.124 e. The van der Waals surface area contributed by atoms with Gasteiger partial charge in [0.2, 0.25) is 0 Å². The molecule has 1 atom stereocenters. The van der Waals surface area contributed by atoms with Crippen LogP contribution in [0.25, 0.3) is 0 Å². The molecule has 0 saturated carbocycles. The van der Waals surface area contributed by atoms with Crippen molar-refractivity contribution < 1.29 is 9.50 Å². The summed E-state index contributed by atoms with van der Waals surface area (Å²) in [6.45, 7) is 11.6. The fourth-order valence-corrected chi connectivity index (χ4v) is 3.46. The van der Waals surface area contributed by atoms with Crippen LogP contribution in [0.15, 0.2) is 18.2 Å². The highest BCUT2D eigenvalue weighted by Gasteiger charge is 2.29. The minimum absolute atomic E-state index is 0.205. The molecule has 0 amide bonds. The van der Waals surface area contributed by atoms with Gasteiger partial charge in [-0.25, -0.2) is 4.39 Å². The van der Waals surface area contributed by atoms with Gasteiger partial charge in [0.25, 0.3) is 0 Å². The van der Waals surface area contributed by atoms with E-state index in [-0.39, 0.29) is 17.8 Å². The number of halogens is 2. The fourth-order valence-electron chi connectivity index (χ4n) is 3.23. The Morgan fingerprint density at radius 3 is 2.65 bits per heavy atom. The Hall–Kier alpha value is -0.680. The van der Waals surface area contributed by atoms with Gasteiger partial charge in [0, 0.05) is 50.4 Å². The van der Waals surface area contributed by atoms with Crippen molar-refractivity contribution in [2.45, 2.75) is 39.8 Å². The Labute approximate surface area is 144 Å². The molecule has 130 valence electrons. The van der Waals surface area contributed by atoms with E-state index in [0.29, 0.717) is 11.1 Å². The average molecular weight is 343 g/mol. The first-order valence-corrected chi connectivity index (χ1v) is 8.67. The predicted octanol–water partition coefficient (Wildman–Crippen LogP) is 3.39. The lowest BCUT2D eigenvalue weighted by Gasteiger charge is -2.44. The number of aliphatic hydroxyl groups is 1. The molecule has 1 aromatic carbocycles. The maximum absolute atomic E-state index is 13.2. The molecule has 0 spiro atoms. The van der Waals surface area contributed by atoms with Crippen molar-refractivity contribution in [3.63, 3.8) is 0 Å². The van der Waals surface area contributed by atoms with Crippen LogP contribution in [0.2, 0.25) is 5.02 Å². The van der Waals surface area contributed by atoms with Crippen molar-refractivity contribution >= 4 is 11.6 Å². The quantitative estimate of drug-likeness (QED) is 0.888. The van der Waals surface area contributed by atoms with Crippen LogP contribution in [0, 0.1) is 11.2 Å². The summed E-state index contributed by atoms with van der Waals surface area (Å²) in [6.07, 6.45) is 0.781. The summed E-state index contributed by atoms with van der Waals surface area (Å²) in [7, 11) is 0. The molecular weight excluding hydrogens is 315 g/mol. The summed E-state index contributed by atoms with van der Waals surface area (Å²) in [4.78, 5) is 4.83. The molecule has 1 N–H and O–H groups in total. The predicted molar refractivity (Wildman–Crippen MR) is 93.2 cm³/mol. The van der Waals surface area contributed by atoms with Crippen LogP contribution in [0.1, 0.15) is 32.8 Å². The Morgan fingerprint density at radius 1 is 1.30 bits per heavy atom. The van der Waals surface area contributed by atoms with Crippen LogP contribution in [0.3, 0.4) is 0 Å². The van der Waals surface area contributed by atoms with E-state index in [1.165, 1.54) is 12.1 Å². The Balaban J connectivity index is 2.00. The van der Waals surface area contributed by atoms with Gasteiger partial charge in [-0.2, -0.15) is 0 Å². The molecule has 0 aliphatic carbocycles. The molecule has 1 heterocycles. The molecule has 1 fully saturated rings. The zero-order valence-corrected chi connectivity index (χ0v) is 15.1. The second-order valence-electron chi connectivity index (χ2n) is 7.67. The zero-order chi connectivity index (χ0) is 17.0. The van der Waals surface area contributed by atoms with Gasteiger partial charge >= 0.3 is 0 Å². The zero-order valence-electron chi connectivity index (χ0n) is 14.4. The van der Waals surface area contributed by atoms with Crippen molar-refractivity contribution in [3.05, 3.63) is 34.6 Å². The highest BCUT2D eigenvalue weighted by atomic mass is 35.5. The third-order valence-corrected chi connectivity index (χ3v) is 4.59. The number of hydrogen-bond acceptors (Lipinski definition) is 3. The first kappa shape index (κ1) is 18.7. The minimum atomic E-state index is -0.299. The van der Waals surface area contributed by atoms with Crippen molar-refractivity contribution in [2.24, 2.45) is 5.41 Å². The van der Waals surface area contributed by atoms with Gasteiger partial charge in [-0.1, -0.05) is 38.4 Å². The van der Waals surface area contributed by atoms with E-state index in [2.05, 4.69) is 30.6 Å². The van der Waals surface area contributed by atoms with Crippen LogP contribution >= 0.6 is 11.6 Å². The van der Waals surface area contributed by atoms with Crippen LogP contribution < -0.4 is 0 Å². The van der Waals surface area contributed by atoms with E-state index in [1.807, 2.05) is 0 Å². The van der Waals surface area contributed by atoms with Gasteiger partial charge in [-0.3, -0.25) is 9.80 Å². The number of hydrogen-bond donors (Lipinski definition) is 1.